The van der Waals surface area contributed by atoms with Crippen LogP contribution < -0.4 is 21.9 Å². The highest BCUT2D eigenvalue weighted by molar-refractivity contribution is 5.62. The van der Waals surface area contributed by atoms with E-state index in [2.05, 4.69) is 29.0 Å². The molecule has 2 aromatic heterocycles. The molecule has 2 rings (SSSR count). The Morgan fingerprint density at radius 3 is 2.52 bits per heavy atom. The Morgan fingerprint density at radius 1 is 1.28 bits per heavy atom. The minimum Gasteiger partial charge on any atom is -0.383 e. The van der Waals surface area contributed by atoms with Gasteiger partial charge >= 0.3 is 5.69 Å². The number of anilines is 2. The third-order valence-corrected chi connectivity index (χ3v) is 4.68. The Morgan fingerprint density at radius 2 is 1.97 bits per heavy atom. The second-order valence-corrected chi connectivity index (χ2v) is 8.87. The number of unbranched alkanes of at least 4 members (excludes halogenated alkanes) is 1. The number of nitrogens with two attached hydrogens (primary N) is 1. The molecule has 0 saturated carbocycles. The fourth-order valence-corrected chi connectivity index (χ4v) is 2.90. The van der Waals surface area contributed by atoms with Gasteiger partial charge in [-0.3, -0.25) is 14.3 Å². The van der Waals surface area contributed by atoms with Gasteiger partial charge in [-0.15, -0.1) is 0 Å². The van der Waals surface area contributed by atoms with Crippen LogP contribution >= 0.6 is 0 Å². The van der Waals surface area contributed by atoms with Crippen molar-refractivity contribution in [1.29, 1.82) is 0 Å². The van der Waals surface area contributed by atoms with Crippen LogP contribution in [0.2, 0.25) is 0 Å². The van der Waals surface area contributed by atoms with E-state index in [-0.39, 0.29) is 23.5 Å². The van der Waals surface area contributed by atoms with Crippen LogP contribution in [0.5, 0.6) is 0 Å². The van der Waals surface area contributed by atoms with E-state index in [0.717, 1.165) is 19.3 Å². The summed E-state index contributed by atoms with van der Waals surface area (Å²) in [5.74, 6) is 1.62. The van der Waals surface area contributed by atoms with Crippen molar-refractivity contribution in [2.24, 2.45) is 5.92 Å². The van der Waals surface area contributed by atoms with Crippen LogP contribution in [0.25, 0.3) is 0 Å². The van der Waals surface area contributed by atoms with E-state index in [1.165, 1.54) is 4.57 Å². The van der Waals surface area contributed by atoms with Gasteiger partial charge in [-0.25, -0.2) is 4.79 Å². The highest BCUT2D eigenvalue weighted by Gasteiger charge is 2.24. The van der Waals surface area contributed by atoms with E-state index in [4.69, 9.17) is 10.3 Å². The number of hydrogen-bond acceptors (Lipinski definition) is 7. The van der Waals surface area contributed by atoms with E-state index in [9.17, 15) is 9.59 Å². The van der Waals surface area contributed by atoms with Gasteiger partial charge in [-0.2, -0.15) is 4.98 Å². The predicted molar refractivity (Wildman–Crippen MR) is 114 cm³/mol. The first kappa shape index (κ1) is 22.7. The minimum atomic E-state index is -0.497. The van der Waals surface area contributed by atoms with E-state index in [1.807, 2.05) is 32.6 Å². The molecule has 3 N–H and O–H groups in total. The number of aromatic nitrogens is 4. The number of H-pyrrole nitrogens is 1. The Hall–Kier alpha value is -2.58. The third-order valence-electron chi connectivity index (χ3n) is 4.68. The van der Waals surface area contributed by atoms with Gasteiger partial charge in [-0.1, -0.05) is 53.1 Å². The van der Waals surface area contributed by atoms with E-state index >= 15 is 0 Å². The summed E-state index contributed by atoms with van der Waals surface area (Å²) in [4.78, 5) is 33.7. The Balaban J connectivity index is 2.45. The van der Waals surface area contributed by atoms with Gasteiger partial charge in [0.2, 0.25) is 5.89 Å². The van der Waals surface area contributed by atoms with Crippen LogP contribution in [-0.4, -0.2) is 26.2 Å². The fourth-order valence-electron chi connectivity index (χ4n) is 2.90. The molecule has 0 aliphatic rings. The quantitative estimate of drug-likeness (QED) is 0.656. The maximum atomic E-state index is 12.7. The average molecular weight is 407 g/mol. The van der Waals surface area contributed by atoms with Crippen molar-refractivity contribution < 1.29 is 4.52 Å². The molecular weight excluding hydrogens is 372 g/mol. The fraction of sp³-hybridized carbons (Fsp3) is 0.700. The summed E-state index contributed by atoms with van der Waals surface area (Å²) in [5, 5.41) is 4.07. The molecule has 9 nitrogen and oxygen atoms in total. The zero-order chi connectivity index (χ0) is 21.8. The van der Waals surface area contributed by atoms with Crippen LogP contribution in [0.4, 0.5) is 11.5 Å². The Bertz CT molecular complexity index is 920. The van der Waals surface area contributed by atoms with Gasteiger partial charge in [-0.05, 0) is 18.8 Å². The highest BCUT2D eigenvalue weighted by atomic mass is 16.5. The van der Waals surface area contributed by atoms with Crippen molar-refractivity contribution >= 4 is 11.5 Å². The monoisotopic (exact) mass is 406 g/mol. The normalized spacial score (nSPS) is 12.0. The Kier molecular flexibility index (Phi) is 7.26. The molecule has 0 amide bonds. The summed E-state index contributed by atoms with van der Waals surface area (Å²) < 4.78 is 6.82. The van der Waals surface area contributed by atoms with Crippen molar-refractivity contribution in [2.45, 2.75) is 79.3 Å². The maximum absolute atomic E-state index is 12.7. The first-order valence-electron chi connectivity index (χ1n) is 10.2. The van der Waals surface area contributed by atoms with Crippen molar-refractivity contribution in [3.05, 3.63) is 32.6 Å². The van der Waals surface area contributed by atoms with Crippen molar-refractivity contribution in [1.82, 2.24) is 19.7 Å². The molecule has 0 aliphatic heterocycles. The summed E-state index contributed by atoms with van der Waals surface area (Å²) >= 11 is 0. The molecule has 29 heavy (non-hydrogen) atoms. The van der Waals surface area contributed by atoms with Crippen molar-refractivity contribution in [3.63, 3.8) is 0 Å². The molecule has 0 saturated heterocycles. The lowest BCUT2D eigenvalue weighted by Gasteiger charge is -2.25. The molecular formula is C20H34N6O3. The second-order valence-electron chi connectivity index (χ2n) is 8.87. The maximum Gasteiger partial charge on any atom is 0.330 e. The topological polar surface area (TPSA) is 123 Å². The summed E-state index contributed by atoms with van der Waals surface area (Å²) in [6, 6.07) is 0. The smallest absolute Gasteiger partial charge is 0.330 e. The molecule has 0 spiro atoms. The standard InChI is InChI=1S/C20H34N6O3/c1-7-8-10-26-16(21)15(17(27)23-19(26)28)25(11-9-13(2)3)12-14-22-18(29-24-14)20(4,5)6/h13H,7-12,21H2,1-6H3,(H,23,27,28). The lowest BCUT2D eigenvalue weighted by atomic mass is 9.97. The van der Waals surface area contributed by atoms with Gasteiger partial charge < -0.3 is 15.2 Å². The van der Waals surface area contributed by atoms with E-state index in [0.29, 0.717) is 30.7 Å². The molecule has 0 unspecified atom stereocenters. The molecule has 162 valence electrons. The average Bonchev–Trinajstić information content (AvgIpc) is 3.08. The minimum absolute atomic E-state index is 0.176. The SMILES string of the molecule is CCCCn1c(N)c(N(CCC(C)C)Cc2noc(C(C)(C)C)n2)c(=O)[nH]c1=O. The van der Waals surface area contributed by atoms with Gasteiger partial charge in [0.1, 0.15) is 11.5 Å². The molecule has 0 fully saturated rings. The third kappa shape index (κ3) is 5.71. The number of aromatic amines is 1. The number of nitrogens with one attached hydrogen (secondary N) is 1. The molecule has 0 aliphatic carbocycles. The lowest BCUT2D eigenvalue weighted by Crippen LogP contribution is -2.39. The molecule has 0 radical (unpaired) electrons. The zero-order valence-corrected chi connectivity index (χ0v) is 18.4. The first-order valence-corrected chi connectivity index (χ1v) is 10.2. The van der Waals surface area contributed by atoms with Crippen LogP contribution in [0.1, 0.15) is 72.5 Å². The van der Waals surface area contributed by atoms with Gasteiger partial charge in [0.05, 0.1) is 6.54 Å². The van der Waals surface area contributed by atoms with E-state index < -0.39 is 11.2 Å². The van der Waals surface area contributed by atoms with Crippen molar-refractivity contribution in [3.8, 4) is 0 Å². The second kappa shape index (κ2) is 9.28. The first-order chi connectivity index (χ1) is 13.5. The van der Waals surface area contributed by atoms with Gasteiger partial charge in [0.15, 0.2) is 5.82 Å². The predicted octanol–water partition coefficient (Wildman–Crippen LogP) is 2.65. The van der Waals surface area contributed by atoms with Crippen LogP contribution in [-0.2, 0) is 18.5 Å². The van der Waals surface area contributed by atoms with E-state index in [1.54, 1.807) is 0 Å². The molecule has 9 heteroatoms. The molecule has 0 bridgehead atoms. The van der Waals surface area contributed by atoms with Crippen LogP contribution in [0.3, 0.4) is 0 Å². The largest absolute Gasteiger partial charge is 0.383 e. The molecule has 2 aromatic rings. The number of hydrogen-bond donors (Lipinski definition) is 2. The van der Waals surface area contributed by atoms with Crippen molar-refractivity contribution in [2.75, 3.05) is 17.2 Å². The van der Waals surface area contributed by atoms with Gasteiger partial charge in [0.25, 0.3) is 5.56 Å². The summed E-state index contributed by atoms with van der Waals surface area (Å²) in [6.07, 6.45) is 2.55. The number of nitrogens with zero attached hydrogens (tertiary/aromatic N) is 4. The molecule has 2 heterocycles. The Labute approximate surface area is 171 Å². The highest BCUT2D eigenvalue weighted by Crippen LogP contribution is 2.23. The molecule has 0 atom stereocenters. The van der Waals surface area contributed by atoms with Crippen LogP contribution in [0, 0.1) is 5.92 Å². The summed E-state index contributed by atoms with van der Waals surface area (Å²) in [6.45, 7) is 13.5. The summed E-state index contributed by atoms with van der Waals surface area (Å²) in [7, 11) is 0. The summed E-state index contributed by atoms with van der Waals surface area (Å²) in [5.41, 5.74) is 5.33. The zero-order valence-electron chi connectivity index (χ0n) is 18.4. The number of rotatable bonds is 9. The molecule has 0 aromatic carbocycles. The van der Waals surface area contributed by atoms with Gasteiger partial charge in [0, 0.05) is 18.5 Å². The number of nitrogen functional groups attached to an aromatic ring is 1. The van der Waals surface area contributed by atoms with Crippen LogP contribution in [0.15, 0.2) is 14.1 Å². The lowest BCUT2D eigenvalue weighted by molar-refractivity contribution is 0.318.